The van der Waals surface area contributed by atoms with Gasteiger partial charge in [0.05, 0.1) is 21.1 Å². The summed E-state index contributed by atoms with van der Waals surface area (Å²) in [4.78, 5) is 17.3. The molecule has 1 saturated carbocycles. The minimum atomic E-state index is -4.73. The van der Waals surface area contributed by atoms with Crippen molar-refractivity contribution in [3.8, 4) is 11.3 Å². The second-order valence-electron chi connectivity index (χ2n) is 11.5. The normalized spacial score (nSPS) is 18.2. The van der Waals surface area contributed by atoms with Crippen LogP contribution < -0.4 is 4.90 Å². The largest absolute Gasteiger partial charge is 0.477 e. The summed E-state index contributed by atoms with van der Waals surface area (Å²) in [7, 11) is 0. The molecule has 2 aliphatic carbocycles. The maximum atomic E-state index is 13.9. The van der Waals surface area contributed by atoms with Gasteiger partial charge in [0.15, 0.2) is 0 Å². The van der Waals surface area contributed by atoms with Gasteiger partial charge in [0, 0.05) is 41.2 Å². The van der Waals surface area contributed by atoms with Crippen LogP contribution in [0, 0.1) is 11.2 Å². The SMILES string of the molecule is O=C(O)c1cc(C(F)(F)F)c2cc(N3CCC4(C=C(c5c(-c6c(Cl)cc(F)cc6Cl)noc5C5CC5)C4)CC3)ccc2n1. The number of aromatic carboxylic acids is 1. The first-order chi connectivity index (χ1) is 20.4. The van der Waals surface area contributed by atoms with E-state index in [4.69, 9.17) is 27.7 Å². The van der Waals surface area contributed by atoms with Gasteiger partial charge in [0.1, 0.15) is 23.0 Å². The molecule has 0 amide bonds. The summed E-state index contributed by atoms with van der Waals surface area (Å²) in [5.41, 5.74) is 1.74. The monoisotopic (exact) mass is 631 g/mol. The van der Waals surface area contributed by atoms with Crippen LogP contribution in [-0.2, 0) is 6.18 Å². The van der Waals surface area contributed by atoms with Crippen molar-refractivity contribution < 1.29 is 32.0 Å². The summed E-state index contributed by atoms with van der Waals surface area (Å²) in [5.74, 6) is -0.996. The van der Waals surface area contributed by atoms with Gasteiger partial charge < -0.3 is 14.5 Å². The van der Waals surface area contributed by atoms with Crippen molar-refractivity contribution in [2.24, 2.45) is 5.41 Å². The van der Waals surface area contributed by atoms with Crippen LogP contribution in [0.25, 0.3) is 27.7 Å². The van der Waals surface area contributed by atoms with E-state index in [-0.39, 0.29) is 32.3 Å². The second kappa shape index (κ2) is 9.95. The summed E-state index contributed by atoms with van der Waals surface area (Å²) >= 11 is 12.8. The molecule has 0 radical (unpaired) electrons. The fourth-order valence-corrected chi connectivity index (χ4v) is 6.98. The number of halogens is 6. The molecule has 1 N–H and O–H groups in total. The van der Waals surface area contributed by atoms with Crippen molar-refractivity contribution in [2.45, 2.75) is 44.2 Å². The molecule has 4 aromatic rings. The van der Waals surface area contributed by atoms with E-state index in [2.05, 4.69) is 16.2 Å². The zero-order chi connectivity index (χ0) is 30.3. The predicted molar refractivity (Wildman–Crippen MR) is 154 cm³/mol. The first kappa shape index (κ1) is 28.2. The molecule has 0 bridgehead atoms. The molecular weight excluding hydrogens is 609 g/mol. The van der Waals surface area contributed by atoms with E-state index in [1.165, 1.54) is 24.3 Å². The standard InChI is InChI=1S/C31H23Cl2F4N3O3/c32-21-9-17(34)10-22(33)26(21)27-25(28(43-39-27)15-1-2-15)16-13-30(14-16)5-7-40(8-6-30)18-3-4-23-19(11-18)20(31(35,36)37)12-24(38-23)29(41)42/h3-4,9-13,15H,1-2,5-8,14H2,(H,41,42). The highest BCUT2D eigenvalue weighted by molar-refractivity contribution is 6.39. The van der Waals surface area contributed by atoms with E-state index in [1.807, 2.05) is 4.90 Å². The van der Waals surface area contributed by atoms with Gasteiger partial charge in [-0.1, -0.05) is 34.4 Å². The van der Waals surface area contributed by atoms with Gasteiger partial charge in [0.2, 0.25) is 0 Å². The molecule has 12 heteroatoms. The molecule has 7 rings (SSSR count). The van der Waals surface area contributed by atoms with E-state index in [9.17, 15) is 27.5 Å². The van der Waals surface area contributed by atoms with Crippen LogP contribution in [0.5, 0.6) is 0 Å². The fourth-order valence-electron chi connectivity index (χ4n) is 6.34. The van der Waals surface area contributed by atoms with Crippen LogP contribution in [0.15, 0.2) is 47.0 Å². The summed E-state index contributed by atoms with van der Waals surface area (Å²) in [6.45, 7) is 1.25. The minimum Gasteiger partial charge on any atom is -0.477 e. The average Bonchev–Trinajstić information content (AvgIpc) is 3.69. The number of nitrogens with zero attached hydrogens (tertiary/aromatic N) is 3. The van der Waals surface area contributed by atoms with Crippen LogP contribution in [0.1, 0.15) is 65.4 Å². The number of aromatic nitrogens is 2. The van der Waals surface area contributed by atoms with Gasteiger partial charge in [-0.3, -0.25) is 0 Å². The molecule has 1 aliphatic heterocycles. The van der Waals surface area contributed by atoms with Gasteiger partial charge in [0.25, 0.3) is 0 Å². The molecule has 3 aliphatic rings. The molecule has 43 heavy (non-hydrogen) atoms. The number of piperidine rings is 1. The smallest absolute Gasteiger partial charge is 0.417 e. The molecule has 2 aromatic heterocycles. The van der Waals surface area contributed by atoms with E-state index >= 15 is 0 Å². The van der Waals surface area contributed by atoms with Crippen LogP contribution >= 0.6 is 23.2 Å². The Bertz CT molecular complexity index is 1820. The first-order valence-electron chi connectivity index (χ1n) is 13.8. The Morgan fingerprint density at radius 2 is 1.72 bits per heavy atom. The number of hydrogen-bond donors (Lipinski definition) is 1. The van der Waals surface area contributed by atoms with E-state index in [1.54, 1.807) is 6.07 Å². The van der Waals surface area contributed by atoms with Gasteiger partial charge in [-0.15, -0.1) is 0 Å². The molecular formula is C31H23Cl2F4N3O3. The Kier molecular flexibility index (Phi) is 6.52. The maximum absolute atomic E-state index is 13.9. The highest BCUT2D eigenvalue weighted by atomic mass is 35.5. The Morgan fingerprint density at radius 3 is 2.33 bits per heavy atom. The van der Waals surface area contributed by atoms with E-state index in [0.717, 1.165) is 49.0 Å². The number of hydrogen-bond acceptors (Lipinski definition) is 5. The molecule has 222 valence electrons. The summed E-state index contributed by atoms with van der Waals surface area (Å²) in [6, 6.07) is 7.56. The van der Waals surface area contributed by atoms with Crippen molar-refractivity contribution in [3.63, 3.8) is 0 Å². The summed E-state index contributed by atoms with van der Waals surface area (Å²) in [6.07, 6.45) is 1.83. The van der Waals surface area contributed by atoms with Gasteiger partial charge >= 0.3 is 12.1 Å². The lowest BCUT2D eigenvalue weighted by Crippen LogP contribution is -2.42. The molecule has 3 heterocycles. The molecule has 0 atom stereocenters. The molecule has 1 spiro atoms. The zero-order valence-electron chi connectivity index (χ0n) is 22.4. The molecule has 2 aromatic carbocycles. The highest BCUT2D eigenvalue weighted by Gasteiger charge is 2.44. The lowest BCUT2D eigenvalue weighted by Gasteiger charge is -2.47. The number of fused-ring (bicyclic) bond motifs is 1. The van der Waals surface area contributed by atoms with Crippen molar-refractivity contribution in [2.75, 3.05) is 18.0 Å². The first-order valence-corrected chi connectivity index (χ1v) is 14.5. The van der Waals surface area contributed by atoms with Crippen LogP contribution in [0.2, 0.25) is 10.0 Å². The molecule has 0 unspecified atom stereocenters. The van der Waals surface area contributed by atoms with Crippen LogP contribution in [-0.4, -0.2) is 34.3 Å². The van der Waals surface area contributed by atoms with Crippen molar-refractivity contribution >= 4 is 51.3 Å². The Labute approximate surface area is 252 Å². The molecule has 2 fully saturated rings. The number of carboxylic acids is 1. The summed E-state index contributed by atoms with van der Waals surface area (Å²) in [5, 5.41) is 13.7. The number of anilines is 1. The third kappa shape index (κ3) is 4.94. The number of carboxylic acid groups (broad SMARTS) is 1. The predicted octanol–water partition coefficient (Wildman–Crippen LogP) is 9.00. The number of carbonyl (C=O) groups is 1. The number of benzene rings is 2. The topological polar surface area (TPSA) is 79.5 Å². The average molecular weight is 632 g/mol. The van der Waals surface area contributed by atoms with Crippen LogP contribution in [0.4, 0.5) is 23.2 Å². The third-order valence-electron chi connectivity index (χ3n) is 8.70. The lowest BCUT2D eigenvalue weighted by molar-refractivity contribution is -0.136. The van der Waals surface area contributed by atoms with Gasteiger partial charge in [-0.25, -0.2) is 14.2 Å². The van der Waals surface area contributed by atoms with Crippen molar-refractivity contribution in [1.82, 2.24) is 10.1 Å². The molecule has 6 nitrogen and oxygen atoms in total. The Hall–Kier alpha value is -3.63. The van der Waals surface area contributed by atoms with Crippen molar-refractivity contribution in [3.05, 3.63) is 80.9 Å². The zero-order valence-corrected chi connectivity index (χ0v) is 24.0. The highest BCUT2D eigenvalue weighted by Crippen LogP contribution is 2.56. The summed E-state index contributed by atoms with van der Waals surface area (Å²) < 4.78 is 61.2. The van der Waals surface area contributed by atoms with E-state index in [0.29, 0.717) is 36.1 Å². The fraction of sp³-hybridized carbons (Fsp3) is 0.323. The Morgan fingerprint density at radius 1 is 1.05 bits per heavy atom. The number of allylic oxidation sites excluding steroid dienone is 2. The minimum absolute atomic E-state index is 0.0200. The van der Waals surface area contributed by atoms with Crippen molar-refractivity contribution in [1.29, 1.82) is 0 Å². The molecule has 1 saturated heterocycles. The Balaban J connectivity index is 1.16. The quantitative estimate of drug-likeness (QED) is 0.221. The van der Waals surface area contributed by atoms with Crippen LogP contribution in [0.3, 0.4) is 0 Å². The maximum Gasteiger partial charge on any atom is 0.417 e. The van der Waals surface area contributed by atoms with E-state index < -0.39 is 29.2 Å². The number of pyridine rings is 1. The van der Waals surface area contributed by atoms with Gasteiger partial charge in [-0.05, 0) is 79.5 Å². The lowest BCUT2D eigenvalue weighted by atomic mass is 9.63. The number of alkyl halides is 3. The third-order valence-corrected chi connectivity index (χ3v) is 9.29. The second-order valence-corrected chi connectivity index (χ2v) is 12.4. The number of rotatable bonds is 5. The van der Waals surface area contributed by atoms with Gasteiger partial charge in [-0.2, -0.15) is 13.2 Å².